The van der Waals surface area contributed by atoms with Crippen LogP contribution >= 0.6 is 0 Å². The number of carbonyl (C=O) groups excluding carboxylic acids is 4. The van der Waals surface area contributed by atoms with Crippen LogP contribution in [0.5, 0.6) is 5.75 Å². The fourth-order valence-corrected chi connectivity index (χ4v) is 4.51. The van der Waals surface area contributed by atoms with E-state index in [1.807, 2.05) is 31.2 Å². The van der Waals surface area contributed by atoms with Crippen molar-refractivity contribution >= 4 is 35.1 Å². The van der Waals surface area contributed by atoms with Crippen LogP contribution in [0.4, 0.5) is 11.4 Å². The molecule has 1 atom stereocenters. The van der Waals surface area contributed by atoms with Gasteiger partial charge in [-0.05, 0) is 61.4 Å². The van der Waals surface area contributed by atoms with Crippen LogP contribution in [0.15, 0.2) is 66.7 Å². The van der Waals surface area contributed by atoms with Crippen molar-refractivity contribution in [3.63, 3.8) is 0 Å². The molecule has 0 bridgehead atoms. The summed E-state index contributed by atoms with van der Waals surface area (Å²) in [5, 5.41) is 0. The second-order valence-corrected chi connectivity index (χ2v) is 8.55. The third-order valence-corrected chi connectivity index (χ3v) is 6.29. The SMILES string of the molecule is Cc1ccccc1N1C[C@H](C(=O)Oc2ccc(N3C(=O)c4ccccc4C3=O)c(C)c2)CC1=O. The van der Waals surface area contributed by atoms with E-state index in [1.54, 1.807) is 54.3 Å². The first-order valence-electron chi connectivity index (χ1n) is 11.0. The van der Waals surface area contributed by atoms with E-state index in [2.05, 4.69) is 0 Å². The van der Waals surface area contributed by atoms with Gasteiger partial charge in [-0.1, -0.05) is 30.3 Å². The van der Waals surface area contributed by atoms with Gasteiger partial charge < -0.3 is 9.64 Å². The Balaban J connectivity index is 1.31. The number of hydrogen-bond donors (Lipinski definition) is 0. The van der Waals surface area contributed by atoms with Crippen molar-refractivity contribution in [2.24, 2.45) is 5.92 Å². The molecule has 2 aliphatic heterocycles. The molecule has 0 aromatic heterocycles. The molecule has 2 aliphatic rings. The number of amides is 3. The van der Waals surface area contributed by atoms with Crippen molar-refractivity contribution in [1.29, 1.82) is 0 Å². The number of rotatable bonds is 4. The van der Waals surface area contributed by atoms with Gasteiger partial charge >= 0.3 is 5.97 Å². The van der Waals surface area contributed by atoms with Gasteiger partial charge in [0.1, 0.15) is 5.75 Å². The molecule has 0 saturated carbocycles. The maximum atomic E-state index is 12.8. The Hall–Kier alpha value is -4.26. The van der Waals surface area contributed by atoms with Gasteiger partial charge in [-0.25, -0.2) is 4.90 Å². The van der Waals surface area contributed by atoms with Crippen LogP contribution in [0.2, 0.25) is 0 Å². The maximum absolute atomic E-state index is 12.8. The predicted octanol–water partition coefficient (Wildman–Crippen LogP) is 4.06. The van der Waals surface area contributed by atoms with E-state index >= 15 is 0 Å². The predicted molar refractivity (Wildman–Crippen MR) is 126 cm³/mol. The summed E-state index contributed by atoms with van der Waals surface area (Å²) in [4.78, 5) is 53.7. The smallest absolute Gasteiger partial charge is 0.316 e. The van der Waals surface area contributed by atoms with Crippen molar-refractivity contribution < 1.29 is 23.9 Å². The Labute approximate surface area is 196 Å². The zero-order chi connectivity index (χ0) is 24.0. The van der Waals surface area contributed by atoms with Gasteiger partial charge in [0.25, 0.3) is 11.8 Å². The first kappa shape index (κ1) is 21.6. The number of anilines is 2. The average molecular weight is 454 g/mol. The standard InChI is InChI=1S/C27H22N2O5/c1-16-7-3-6-10-22(16)28-15-18(14-24(28)30)27(33)34-19-11-12-23(17(2)13-19)29-25(31)20-8-4-5-9-21(20)26(29)32/h3-13,18H,14-15H2,1-2H3/t18-/m1/s1. The normalized spacial score (nSPS) is 17.4. The fraction of sp³-hybridized carbons (Fsp3) is 0.185. The minimum atomic E-state index is -0.580. The number of ether oxygens (including phenoxy) is 1. The van der Waals surface area contributed by atoms with Gasteiger partial charge in [0.15, 0.2) is 0 Å². The highest BCUT2D eigenvalue weighted by Gasteiger charge is 2.38. The van der Waals surface area contributed by atoms with Crippen molar-refractivity contribution in [2.75, 3.05) is 16.3 Å². The largest absolute Gasteiger partial charge is 0.426 e. The summed E-state index contributed by atoms with van der Waals surface area (Å²) < 4.78 is 5.57. The first-order valence-corrected chi connectivity index (χ1v) is 11.0. The Morgan fingerprint density at radius 2 is 1.47 bits per heavy atom. The van der Waals surface area contributed by atoms with Crippen LogP contribution in [0.1, 0.15) is 38.3 Å². The molecule has 34 heavy (non-hydrogen) atoms. The van der Waals surface area contributed by atoms with Gasteiger partial charge in [0.05, 0.1) is 22.7 Å². The van der Waals surface area contributed by atoms with Crippen LogP contribution in [-0.2, 0) is 9.59 Å². The van der Waals surface area contributed by atoms with Crippen molar-refractivity contribution in [1.82, 2.24) is 0 Å². The molecule has 7 heteroatoms. The van der Waals surface area contributed by atoms with E-state index in [-0.39, 0.29) is 30.7 Å². The summed E-state index contributed by atoms with van der Waals surface area (Å²) in [6.45, 7) is 3.93. The number of nitrogens with zero attached hydrogens (tertiary/aromatic N) is 2. The van der Waals surface area contributed by atoms with Crippen LogP contribution in [0, 0.1) is 19.8 Å². The van der Waals surface area contributed by atoms with Crippen LogP contribution in [-0.4, -0.2) is 30.2 Å². The van der Waals surface area contributed by atoms with E-state index < -0.39 is 11.9 Å². The van der Waals surface area contributed by atoms with E-state index in [9.17, 15) is 19.2 Å². The minimum Gasteiger partial charge on any atom is -0.426 e. The van der Waals surface area contributed by atoms with E-state index in [0.29, 0.717) is 28.1 Å². The summed E-state index contributed by atoms with van der Waals surface area (Å²) in [6.07, 6.45) is 0.0826. The molecule has 5 rings (SSSR count). The third-order valence-electron chi connectivity index (χ3n) is 6.29. The molecule has 3 aromatic carbocycles. The molecule has 2 heterocycles. The number of imide groups is 1. The lowest BCUT2D eigenvalue weighted by atomic mass is 10.1. The molecule has 3 amide bonds. The summed E-state index contributed by atoms with van der Waals surface area (Å²) in [5.41, 5.74) is 3.54. The van der Waals surface area contributed by atoms with Crippen LogP contribution < -0.4 is 14.5 Å². The third kappa shape index (κ3) is 3.55. The van der Waals surface area contributed by atoms with Crippen LogP contribution in [0.3, 0.4) is 0 Å². The van der Waals surface area contributed by atoms with Crippen molar-refractivity contribution in [3.8, 4) is 5.75 Å². The number of esters is 1. The molecule has 0 radical (unpaired) electrons. The summed E-state index contributed by atoms with van der Waals surface area (Å²) >= 11 is 0. The topological polar surface area (TPSA) is 84.0 Å². The number of para-hydroxylation sites is 1. The molecule has 0 unspecified atom stereocenters. The van der Waals surface area contributed by atoms with Crippen molar-refractivity contribution in [2.45, 2.75) is 20.3 Å². The van der Waals surface area contributed by atoms with Crippen LogP contribution in [0.25, 0.3) is 0 Å². The Morgan fingerprint density at radius 1 is 0.824 bits per heavy atom. The highest BCUT2D eigenvalue weighted by molar-refractivity contribution is 6.34. The quantitative estimate of drug-likeness (QED) is 0.337. The lowest BCUT2D eigenvalue weighted by Crippen LogP contribution is -2.30. The number of fused-ring (bicyclic) bond motifs is 1. The van der Waals surface area contributed by atoms with E-state index in [1.165, 1.54) is 0 Å². The summed E-state index contributed by atoms with van der Waals surface area (Å²) in [7, 11) is 0. The number of carbonyl (C=O) groups is 4. The van der Waals surface area contributed by atoms with Crippen molar-refractivity contribution in [3.05, 3.63) is 89.0 Å². The number of hydrogen-bond acceptors (Lipinski definition) is 5. The average Bonchev–Trinajstić information content (AvgIpc) is 3.33. The number of benzene rings is 3. The minimum absolute atomic E-state index is 0.0826. The Morgan fingerprint density at radius 3 is 2.12 bits per heavy atom. The molecule has 0 spiro atoms. The molecule has 170 valence electrons. The Bertz CT molecular complexity index is 1330. The fourth-order valence-electron chi connectivity index (χ4n) is 4.51. The summed E-state index contributed by atoms with van der Waals surface area (Å²) in [5.74, 6) is -1.65. The molecular weight excluding hydrogens is 432 g/mol. The second-order valence-electron chi connectivity index (χ2n) is 8.55. The zero-order valence-electron chi connectivity index (χ0n) is 18.8. The molecular formula is C27H22N2O5. The molecule has 3 aromatic rings. The second kappa shape index (κ2) is 8.26. The van der Waals surface area contributed by atoms with Gasteiger partial charge in [-0.3, -0.25) is 19.2 Å². The molecule has 0 aliphatic carbocycles. The van der Waals surface area contributed by atoms with Gasteiger partial charge in [0.2, 0.25) is 5.91 Å². The highest BCUT2D eigenvalue weighted by atomic mass is 16.5. The number of aryl methyl sites for hydroxylation is 2. The molecule has 0 N–H and O–H groups in total. The molecule has 1 saturated heterocycles. The zero-order valence-corrected chi connectivity index (χ0v) is 18.8. The van der Waals surface area contributed by atoms with E-state index in [4.69, 9.17) is 4.74 Å². The first-order chi connectivity index (χ1) is 16.3. The lowest BCUT2D eigenvalue weighted by molar-refractivity contribution is -0.139. The summed E-state index contributed by atoms with van der Waals surface area (Å²) in [6, 6.07) is 19.0. The van der Waals surface area contributed by atoms with E-state index in [0.717, 1.165) is 16.2 Å². The Kier molecular flexibility index (Phi) is 5.24. The lowest BCUT2D eigenvalue weighted by Gasteiger charge is -2.19. The van der Waals surface area contributed by atoms with Gasteiger partial charge in [-0.2, -0.15) is 0 Å². The molecule has 7 nitrogen and oxygen atoms in total. The van der Waals surface area contributed by atoms with Gasteiger partial charge in [0, 0.05) is 18.7 Å². The highest BCUT2D eigenvalue weighted by Crippen LogP contribution is 2.33. The maximum Gasteiger partial charge on any atom is 0.316 e. The molecule has 1 fully saturated rings. The monoisotopic (exact) mass is 454 g/mol. The van der Waals surface area contributed by atoms with Gasteiger partial charge in [-0.15, -0.1) is 0 Å².